The highest BCUT2D eigenvalue weighted by molar-refractivity contribution is 8.33. The molecule has 0 unspecified atom stereocenters. The largest absolute Gasteiger partial charge is 0.307 e. The molecule has 0 N–H and O–H groups in total. The summed E-state index contributed by atoms with van der Waals surface area (Å²) in [7, 11) is -6.81. The molecule has 0 amide bonds. The van der Waals surface area contributed by atoms with Crippen LogP contribution >= 0.6 is 10.3 Å². The maximum absolute atomic E-state index is 14.4. The van der Waals surface area contributed by atoms with Crippen molar-refractivity contribution in [2.75, 3.05) is 0 Å². The molecule has 3 aliphatic carbocycles. The van der Waals surface area contributed by atoms with Crippen molar-refractivity contribution in [3.05, 3.63) is 119 Å². The maximum Gasteiger partial charge on any atom is 0.307 e. The monoisotopic (exact) mass is 680 g/mol. The second-order valence-electron chi connectivity index (χ2n) is 14.6. The zero-order valence-electron chi connectivity index (χ0n) is 28.6. The van der Waals surface area contributed by atoms with Crippen LogP contribution < -0.4 is 0 Å². The summed E-state index contributed by atoms with van der Waals surface area (Å²) in [6.07, 6.45) is 19.0. The molecule has 3 fully saturated rings. The van der Waals surface area contributed by atoms with Gasteiger partial charge in [-0.05, 0) is 139 Å². The molecule has 254 valence electrons. The van der Waals surface area contributed by atoms with E-state index in [1.54, 1.807) is 12.1 Å². The average molecular weight is 681 g/mol. The zero-order chi connectivity index (χ0) is 33.0. The van der Waals surface area contributed by atoms with Crippen molar-refractivity contribution < 1.29 is 12.0 Å². The molecule has 0 saturated heterocycles. The van der Waals surface area contributed by atoms with E-state index in [4.69, 9.17) is 3.63 Å². The van der Waals surface area contributed by atoms with E-state index in [1.807, 2.05) is 19.1 Å². The van der Waals surface area contributed by atoms with Crippen molar-refractivity contribution >= 4 is 20.4 Å². The Balaban J connectivity index is 1.37. The fourth-order valence-corrected chi connectivity index (χ4v) is 13.7. The minimum absolute atomic E-state index is 0.196. The summed E-state index contributed by atoms with van der Waals surface area (Å²) in [5.74, 6) is 1.71. The highest BCUT2D eigenvalue weighted by Gasteiger charge is 2.39. The van der Waals surface area contributed by atoms with Crippen LogP contribution in [0.3, 0.4) is 0 Å². The Kier molecular flexibility index (Phi) is 10.5. The summed E-state index contributed by atoms with van der Waals surface area (Å²) in [5, 5.41) is 0. The van der Waals surface area contributed by atoms with E-state index in [9.17, 15) is 8.42 Å². The van der Waals surface area contributed by atoms with E-state index in [0.717, 1.165) is 20.2 Å². The minimum atomic E-state index is -4.13. The van der Waals surface area contributed by atoms with Crippen molar-refractivity contribution in [2.45, 2.75) is 141 Å². The molecule has 7 rings (SSSR count). The summed E-state index contributed by atoms with van der Waals surface area (Å²) in [6, 6.07) is 33.6. The predicted octanol–water partition coefficient (Wildman–Crippen LogP) is 12.7. The first-order valence-corrected chi connectivity index (χ1v) is 21.6. The molecule has 4 aromatic carbocycles. The predicted molar refractivity (Wildman–Crippen MR) is 199 cm³/mol. The normalized spacial score (nSPS) is 19.3. The van der Waals surface area contributed by atoms with Gasteiger partial charge in [-0.2, -0.15) is 8.42 Å². The molecule has 0 spiro atoms. The second-order valence-corrected chi connectivity index (χ2v) is 19.1. The molecule has 0 atom stereocenters. The number of hydrogen-bond donors (Lipinski definition) is 0. The van der Waals surface area contributed by atoms with Crippen LogP contribution in [0.15, 0.2) is 117 Å². The molecule has 0 heterocycles. The van der Waals surface area contributed by atoms with Gasteiger partial charge in [-0.1, -0.05) is 112 Å². The number of rotatable bonds is 9. The highest BCUT2D eigenvalue weighted by Crippen LogP contribution is 2.70. The van der Waals surface area contributed by atoms with E-state index >= 15 is 0 Å². The Labute approximate surface area is 291 Å². The second kappa shape index (κ2) is 14.9. The number of aryl methyl sites for hydroxylation is 1. The Morgan fingerprint density at radius 3 is 1.02 bits per heavy atom. The molecule has 4 aromatic rings. The van der Waals surface area contributed by atoms with Gasteiger partial charge in [0.1, 0.15) is 0 Å². The van der Waals surface area contributed by atoms with Crippen LogP contribution in [0.5, 0.6) is 0 Å². The van der Waals surface area contributed by atoms with E-state index in [0.29, 0.717) is 17.8 Å². The van der Waals surface area contributed by atoms with Crippen molar-refractivity contribution in [1.82, 2.24) is 0 Å². The third-order valence-electron chi connectivity index (χ3n) is 11.4. The van der Waals surface area contributed by atoms with E-state index in [-0.39, 0.29) is 4.90 Å². The quantitative estimate of drug-likeness (QED) is 0.177. The van der Waals surface area contributed by atoms with Crippen molar-refractivity contribution in [3.63, 3.8) is 0 Å². The Morgan fingerprint density at radius 1 is 0.417 bits per heavy atom. The number of hydrogen-bond acceptors (Lipinski definition) is 3. The van der Waals surface area contributed by atoms with Crippen molar-refractivity contribution in [3.8, 4) is 0 Å². The van der Waals surface area contributed by atoms with E-state index in [2.05, 4.69) is 72.8 Å². The Bertz CT molecular complexity index is 1580. The topological polar surface area (TPSA) is 43.4 Å². The lowest BCUT2D eigenvalue weighted by molar-refractivity contribution is 0.443. The summed E-state index contributed by atoms with van der Waals surface area (Å²) in [5.41, 5.74) is 5.08. The van der Waals surface area contributed by atoms with Crippen molar-refractivity contribution in [2.24, 2.45) is 0 Å². The van der Waals surface area contributed by atoms with Crippen molar-refractivity contribution in [1.29, 1.82) is 0 Å². The summed E-state index contributed by atoms with van der Waals surface area (Å²) >= 11 is 0. The summed E-state index contributed by atoms with van der Waals surface area (Å²) < 4.78 is 35.7. The fraction of sp³-hybridized carbons (Fsp3) is 0.442. The zero-order valence-corrected chi connectivity index (χ0v) is 30.3. The summed E-state index contributed by atoms with van der Waals surface area (Å²) in [6.45, 7) is 1.97. The Morgan fingerprint density at radius 2 is 0.708 bits per heavy atom. The Hall–Kier alpha value is -2.86. The average Bonchev–Trinajstić information content (AvgIpc) is 3.15. The smallest absolute Gasteiger partial charge is 0.203 e. The molecule has 0 aliphatic heterocycles. The van der Waals surface area contributed by atoms with Gasteiger partial charge in [0.15, 0.2) is 0 Å². The number of benzene rings is 4. The van der Waals surface area contributed by atoms with Gasteiger partial charge in [-0.3, -0.25) is 0 Å². The molecule has 0 aromatic heterocycles. The molecule has 3 aliphatic rings. The molecule has 3 nitrogen and oxygen atoms in total. The van der Waals surface area contributed by atoms with Crippen LogP contribution in [-0.4, -0.2) is 8.42 Å². The SMILES string of the molecule is Cc1ccc(S(=O)(=O)OS(c2ccc(C3CCCCC3)cc2)(c2ccc(C3CCCCC3)cc2)c2ccc(C3CCCCC3)cc2)cc1. The van der Waals surface area contributed by atoms with Crippen LogP contribution in [0.1, 0.15) is 136 Å². The molecule has 5 heteroatoms. The standard InChI is InChI=1S/C43H52O3S2/c1-33-17-25-43(26-18-33)48(44,45)46-47(40-27-19-37(20-28-40)34-11-5-2-6-12-34,41-29-21-38(22-30-41)35-13-7-3-8-14-35)42-31-23-39(24-32-42)36-15-9-4-10-16-36/h17-32,34-36H,2-16H2,1H3. The van der Waals surface area contributed by atoms with Gasteiger partial charge in [0.05, 0.1) is 4.90 Å². The first kappa shape index (κ1) is 33.6. The van der Waals surface area contributed by atoms with E-state index in [1.165, 1.54) is 113 Å². The lowest BCUT2D eigenvalue weighted by Gasteiger charge is -2.40. The third kappa shape index (κ3) is 7.20. The first-order chi connectivity index (χ1) is 23.4. The molecule has 0 radical (unpaired) electrons. The maximum atomic E-state index is 14.4. The third-order valence-corrected chi connectivity index (χ3v) is 16.6. The van der Waals surface area contributed by atoms with Gasteiger partial charge in [0.2, 0.25) is 0 Å². The molecule has 3 saturated carbocycles. The lowest BCUT2D eigenvalue weighted by Crippen LogP contribution is -2.15. The van der Waals surface area contributed by atoms with E-state index < -0.39 is 20.4 Å². The van der Waals surface area contributed by atoms with Crippen LogP contribution in [-0.2, 0) is 13.7 Å². The van der Waals surface area contributed by atoms with Gasteiger partial charge < -0.3 is 0 Å². The fourth-order valence-electron chi connectivity index (χ4n) is 8.51. The molecular weight excluding hydrogens is 629 g/mol. The van der Waals surface area contributed by atoms with Gasteiger partial charge in [0, 0.05) is 14.7 Å². The molecular formula is C43H52O3S2. The van der Waals surface area contributed by atoms with Gasteiger partial charge in [-0.15, -0.1) is 0 Å². The van der Waals surface area contributed by atoms with Crippen LogP contribution in [0.25, 0.3) is 0 Å². The van der Waals surface area contributed by atoms with Gasteiger partial charge >= 0.3 is 10.1 Å². The highest BCUT2D eigenvalue weighted by atomic mass is 32.3. The van der Waals surface area contributed by atoms with Crippen LogP contribution in [0.4, 0.5) is 0 Å². The van der Waals surface area contributed by atoms with Gasteiger partial charge in [0.25, 0.3) is 0 Å². The van der Waals surface area contributed by atoms with Crippen LogP contribution in [0.2, 0.25) is 0 Å². The molecule has 0 bridgehead atoms. The first-order valence-electron chi connectivity index (χ1n) is 18.6. The minimum Gasteiger partial charge on any atom is -0.203 e. The summed E-state index contributed by atoms with van der Waals surface area (Å²) in [4.78, 5) is 2.97. The van der Waals surface area contributed by atoms with Gasteiger partial charge in [-0.25, -0.2) is 3.63 Å². The molecule has 48 heavy (non-hydrogen) atoms. The lowest BCUT2D eigenvalue weighted by atomic mass is 9.84. The van der Waals surface area contributed by atoms with Crippen LogP contribution in [0, 0.1) is 6.92 Å².